The second-order valence-corrected chi connectivity index (χ2v) is 3.95. The molecule has 0 saturated carbocycles. The van der Waals surface area contributed by atoms with Crippen molar-refractivity contribution < 1.29 is 4.74 Å². The van der Waals surface area contributed by atoms with Gasteiger partial charge in [0.1, 0.15) is 11.5 Å². The minimum Gasteiger partial charge on any atom is -0.494 e. The Morgan fingerprint density at radius 1 is 1.17 bits per heavy atom. The molecule has 0 spiro atoms. The zero-order valence-corrected chi connectivity index (χ0v) is 9.97. The lowest BCUT2D eigenvalue weighted by Crippen LogP contribution is -1.93. The lowest BCUT2D eigenvalue weighted by Gasteiger charge is -2.00. The molecule has 2 aromatic rings. The normalized spacial score (nSPS) is 16.8. The number of H-pyrrole nitrogens is 2. The lowest BCUT2D eigenvalue weighted by molar-refractivity contribution is 0.303. The maximum atomic E-state index is 5.35. The van der Waals surface area contributed by atoms with Gasteiger partial charge in [0.25, 0.3) is 0 Å². The van der Waals surface area contributed by atoms with Crippen LogP contribution in [-0.4, -0.2) is 22.8 Å². The molecule has 18 heavy (non-hydrogen) atoms. The predicted molar refractivity (Wildman–Crippen MR) is 71.2 cm³/mol. The molecule has 0 saturated heterocycles. The van der Waals surface area contributed by atoms with Gasteiger partial charge in [-0.3, -0.25) is 0 Å². The van der Waals surface area contributed by atoms with E-state index in [2.05, 4.69) is 15.0 Å². The Labute approximate surface area is 105 Å². The van der Waals surface area contributed by atoms with E-state index >= 15 is 0 Å². The topological polar surface area (TPSA) is 53.2 Å². The Bertz CT molecular complexity index is 616. The van der Waals surface area contributed by atoms with E-state index in [0.717, 1.165) is 28.6 Å². The van der Waals surface area contributed by atoms with E-state index in [-0.39, 0.29) is 0 Å². The monoisotopic (exact) mass is 239 g/mol. The summed E-state index contributed by atoms with van der Waals surface area (Å²) >= 11 is 0. The summed E-state index contributed by atoms with van der Waals surface area (Å²) in [7, 11) is 1.65. The van der Waals surface area contributed by atoms with Crippen molar-refractivity contribution in [3.05, 3.63) is 65.6 Å². The van der Waals surface area contributed by atoms with Crippen molar-refractivity contribution in [1.82, 2.24) is 9.97 Å². The third kappa shape index (κ3) is 1.88. The van der Waals surface area contributed by atoms with Crippen LogP contribution in [-0.2, 0) is 4.74 Å². The average Bonchev–Trinajstić information content (AvgIpc) is 3.10. The molecule has 4 heteroatoms. The number of rotatable bonds is 3. The summed E-state index contributed by atoms with van der Waals surface area (Å²) in [4.78, 5) is 10.8. The number of ether oxygens (including phenoxy) is 1. The number of aromatic nitrogens is 2. The highest BCUT2D eigenvalue weighted by atomic mass is 16.5. The minimum atomic E-state index is 0.772. The summed E-state index contributed by atoms with van der Waals surface area (Å²) in [5.74, 6) is 0.772. The van der Waals surface area contributed by atoms with Crippen LogP contribution in [0.1, 0.15) is 11.4 Å². The largest absolute Gasteiger partial charge is 0.494 e. The van der Waals surface area contributed by atoms with Crippen LogP contribution >= 0.6 is 0 Å². The zero-order chi connectivity index (χ0) is 12.4. The first kappa shape index (κ1) is 10.7. The van der Waals surface area contributed by atoms with Gasteiger partial charge >= 0.3 is 0 Å². The third-order valence-corrected chi connectivity index (χ3v) is 2.77. The summed E-state index contributed by atoms with van der Waals surface area (Å²) in [5, 5.41) is 0. The third-order valence-electron chi connectivity index (χ3n) is 2.77. The molecule has 0 atom stereocenters. The summed E-state index contributed by atoms with van der Waals surface area (Å²) in [6.45, 7) is 0. The highest BCUT2D eigenvalue weighted by molar-refractivity contribution is 6.11. The van der Waals surface area contributed by atoms with Crippen molar-refractivity contribution in [3.63, 3.8) is 0 Å². The zero-order valence-electron chi connectivity index (χ0n) is 9.97. The van der Waals surface area contributed by atoms with Gasteiger partial charge < -0.3 is 14.7 Å². The lowest BCUT2D eigenvalue weighted by atomic mass is 10.2. The summed E-state index contributed by atoms with van der Waals surface area (Å²) in [6.07, 6.45) is 7.66. The molecule has 0 amide bonds. The highest BCUT2D eigenvalue weighted by Gasteiger charge is 2.16. The van der Waals surface area contributed by atoms with Gasteiger partial charge in [-0.2, -0.15) is 0 Å². The van der Waals surface area contributed by atoms with Crippen LogP contribution in [0.15, 0.2) is 59.2 Å². The maximum Gasteiger partial charge on any atom is 0.146 e. The average molecular weight is 239 g/mol. The summed E-state index contributed by atoms with van der Waals surface area (Å²) < 4.78 is 5.35. The molecule has 0 aliphatic carbocycles. The Morgan fingerprint density at radius 3 is 2.67 bits per heavy atom. The van der Waals surface area contributed by atoms with Gasteiger partial charge in [0.15, 0.2) is 0 Å². The van der Waals surface area contributed by atoms with Gasteiger partial charge in [-0.05, 0) is 30.3 Å². The Morgan fingerprint density at radius 2 is 2.00 bits per heavy atom. The van der Waals surface area contributed by atoms with Crippen molar-refractivity contribution in [2.75, 3.05) is 7.11 Å². The van der Waals surface area contributed by atoms with Crippen LogP contribution in [0.5, 0.6) is 0 Å². The molecule has 4 nitrogen and oxygen atoms in total. The SMILES string of the molecule is COC1=CC(c2ccc[nH]2)=NC1=Cc1ccc[nH]1. The van der Waals surface area contributed by atoms with E-state index < -0.39 is 0 Å². The van der Waals surface area contributed by atoms with Crippen molar-refractivity contribution >= 4 is 11.8 Å². The van der Waals surface area contributed by atoms with Crippen LogP contribution in [0.3, 0.4) is 0 Å². The van der Waals surface area contributed by atoms with Crippen LogP contribution in [0.4, 0.5) is 0 Å². The number of hydrogen-bond acceptors (Lipinski definition) is 2. The number of nitrogens with zero attached hydrogens (tertiary/aromatic N) is 1. The number of hydrogen-bond donors (Lipinski definition) is 2. The number of methoxy groups -OCH3 is 1. The number of aliphatic imine (C=N–C) groups is 1. The smallest absolute Gasteiger partial charge is 0.146 e. The minimum absolute atomic E-state index is 0.772. The van der Waals surface area contributed by atoms with Gasteiger partial charge in [0, 0.05) is 24.2 Å². The molecule has 0 aromatic carbocycles. The Balaban J connectivity index is 1.98. The van der Waals surface area contributed by atoms with Crippen LogP contribution in [0, 0.1) is 0 Å². The van der Waals surface area contributed by atoms with Crippen molar-refractivity contribution in [1.29, 1.82) is 0 Å². The number of allylic oxidation sites excluding steroid dienone is 1. The Kier molecular flexibility index (Phi) is 2.61. The molecule has 1 aliphatic rings. The fraction of sp³-hybridized carbons (Fsp3) is 0.0714. The first-order valence-electron chi connectivity index (χ1n) is 5.70. The quantitative estimate of drug-likeness (QED) is 0.850. The first-order chi connectivity index (χ1) is 8.86. The van der Waals surface area contributed by atoms with Crippen molar-refractivity contribution in [2.45, 2.75) is 0 Å². The molecular formula is C14H13N3O. The maximum absolute atomic E-state index is 5.35. The second-order valence-electron chi connectivity index (χ2n) is 3.95. The van der Waals surface area contributed by atoms with E-state index in [0.29, 0.717) is 0 Å². The molecule has 2 N–H and O–H groups in total. The second kappa shape index (κ2) is 4.41. The first-order valence-corrected chi connectivity index (χ1v) is 5.70. The van der Waals surface area contributed by atoms with E-state index in [1.165, 1.54) is 0 Å². The molecule has 2 aromatic heterocycles. The van der Waals surface area contributed by atoms with Crippen molar-refractivity contribution in [3.8, 4) is 0 Å². The van der Waals surface area contributed by atoms with Gasteiger partial charge in [-0.1, -0.05) is 0 Å². The Hall–Kier alpha value is -2.49. The van der Waals surface area contributed by atoms with Gasteiger partial charge in [0.2, 0.25) is 0 Å². The van der Waals surface area contributed by atoms with Crippen molar-refractivity contribution in [2.24, 2.45) is 4.99 Å². The van der Waals surface area contributed by atoms with Crippen LogP contribution in [0.2, 0.25) is 0 Å². The molecular weight excluding hydrogens is 226 g/mol. The molecule has 0 bridgehead atoms. The summed E-state index contributed by atoms with van der Waals surface area (Å²) in [5.41, 5.74) is 3.70. The molecule has 0 radical (unpaired) electrons. The van der Waals surface area contributed by atoms with Crippen LogP contribution in [0.25, 0.3) is 6.08 Å². The molecule has 90 valence electrons. The molecule has 0 fully saturated rings. The summed E-state index contributed by atoms with van der Waals surface area (Å²) in [6, 6.07) is 7.88. The molecule has 1 aliphatic heterocycles. The standard InChI is InChI=1S/C14H13N3O/c1-18-14-9-12(11-5-3-7-16-11)17-13(14)8-10-4-2-6-15-10/h2-9,15-16H,1H3. The fourth-order valence-corrected chi connectivity index (χ4v) is 1.89. The van der Waals surface area contributed by atoms with E-state index in [1.807, 2.05) is 48.8 Å². The van der Waals surface area contributed by atoms with Gasteiger partial charge in [0.05, 0.1) is 18.5 Å². The molecule has 0 unspecified atom stereocenters. The van der Waals surface area contributed by atoms with Gasteiger partial charge in [-0.15, -0.1) is 0 Å². The van der Waals surface area contributed by atoms with Gasteiger partial charge in [-0.25, -0.2) is 4.99 Å². The predicted octanol–water partition coefficient (Wildman–Crippen LogP) is 2.72. The molecule has 3 rings (SSSR count). The molecule has 3 heterocycles. The fourth-order valence-electron chi connectivity index (χ4n) is 1.89. The number of aromatic amines is 2. The van der Waals surface area contributed by atoms with E-state index in [9.17, 15) is 0 Å². The van der Waals surface area contributed by atoms with E-state index in [1.54, 1.807) is 7.11 Å². The number of nitrogens with one attached hydrogen (secondary N) is 2. The highest BCUT2D eigenvalue weighted by Crippen LogP contribution is 2.24. The van der Waals surface area contributed by atoms with Crippen LogP contribution < -0.4 is 0 Å². The van der Waals surface area contributed by atoms with E-state index in [4.69, 9.17) is 4.74 Å².